The maximum absolute atomic E-state index is 12.5. The molecule has 0 aliphatic rings. The van der Waals surface area contributed by atoms with E-state index in [2.05, 4.69) is 21.2 Å². The number of amides is 1. The van der Waals surface area contributed by atoms with Gasteiger partial charge in [0, 0.05) is 10.0 Å². The number of carbonyl (C=O) groups is 2. The van der Waals surface area contributed by atoms with E-state index in [4.69, 9.17) is 0 Å². The van der Waals surface area contributed by atoms with Crippen LogP contribution in [-0.2, 0) is 4.79 Å². The number of rotatable bonds is 4. The van der Waals surface area contributed by atoms with Gasteiger partial charge in [0.1, 0.15) is 0 Å². The molecule has 0 saturated heterocycles. The minimum absolute atomic E-state index is 0.0561. The molecule has 26 heavy (non-hydrogen) atoms. The minimum Gasteiger partial charge on any atom is -0.478 e. The SMILES string of the molecule is C/C(=C\c1ccc2ccccc2c1Br)C(=O)Nc1ccccc1C(=O)O. The van der Waals surface area contributed by atoms with Crippen LogP contribution in [0.2, 0.25) is 0 Å². The minimum atomic E-state index is -1.08. The number of aromatic carboxylic acids is 1. The molecule has 0 fully saturated rings. The first-order chi connectivity index (χ1) is 12.5. The Labute approximate surface area is 159 Å². The summed E-state index contributed by atoms with van der Waals surface area (Å²) in [7, 11) is 0. The zero-order chi connectivity index (χ0) is 18.7. The quantitative estimate of drug-likeness (QED) is 0.571. The van der Waals surface area contributed by atoms with Crippen molar-refractivity contribution in [3.05, 3.63) is 81.8 Å². The van der Waals surface area contributed by atoms with Gasteiger partial charge in [0.2, 0.25) is 0 Å². The Morgan fingerprint density at radius 3 is 2.46 bits per heavy atom. The second-order valence-electron chi connectivity index (χ2n) is 5.82. The van der Waals surface area contributed by atoms with Crippen LogP contribution < -0.4 is 5.32 Å². The summed E-state index contributed by atoms with van der Waals surface area (Å²) >= 11 is 3.60. The van der Waals surface area contributed by atoms with E-state index >= 15 is 0 Å². The van der Waals surface area contributed by atoms with Crippen LogP contribution in [0.25, 0.3) is 16.8 Å². The molecule has 0 bridgehead atoms. The van der Waals surface area contributed by atoms with Gasteiger partial charge in [-0.25, -0.2) is 4.79 Å². The molecular formula is C21H16BrNO3. The summed E-state index contributed by atoms with van der Waals surface area (Å²) in [5, 5.41) is 14.0. The number of anilines is 1. The predicted octanol–water partition coefficient (Wildman–Crippen LogP) is 5.34. The van der Waals surface area contributed by atoms with Crippen LogP contribution in [0.4, 0.5) is 5.69 Å². The fraction of sp³-hybridized carbons (Fsp3) is 0.0476. The summed E-state index contributed by atoms with van der Waals surface area (Å²) in [5.41, 5.74) is 1.68. The number of carboxylic acid groups (broad SMARTS) is 1. The molecule has 2 N–H and O–H groups in total. The van der Waals surface area contributed by atoms with Crippen molar-refractivity contribution >= 4 is 50.3 Å². The van der Waals surface area contributed by atoms with Gasteiger partial charge < -0.3 is 10.4 Å². The lowest BCUT2D eigenvalue weighted by Crippen LogP contribution is -2.15. The van der Waals surface area contributed by atoms with Gasteiger partial charge in [-0.05, 0) is 57.4 Å². The largest absolute Gasteiger partial charge is 0.478 e. The van der Waals surface area contributed by atoms with E-state index in [9.17, 15) is 14.7 Å². The normalized spacial score (nSPS) is 11.4. The van der Waals surface area contributed by atoms with Crippen LogP contribution >= 0.6 is 15.9 Å². The Kier molecular flexibility index (Phi) is 5.19. The highest BCUT2D eigenvalue weighted by molar-refractivity contribution is 9.10. The Hall–Kier alpha value is -2.92. The first-order valence-corrected chi connectivity index (χ1v) is 8.76. The van der Waals surface area contributed by atoms with Crippen LogP contribution in [0.5, 0.6) is 0 Å². The predicted molar refractivity (Wildman–Crippen MR) is 107 cm³/mol. The number of benzene rings is 3. The van der Waals surface area contributed by atoms with Crippen LogP contribution in [-0.4, -0.2) is 17.0 Å². The van der Waals surface area contributed by atoms with Crippen molar-refractivity contribution < 1.29 is 14.7 Å². The topological polar surface area (TPSA) is 66.4 Å². The third-order valence-corrected chi connectivity index (χ3v) is 4.91. The van der Waals surface area contributed by atoms with Crippen LogP contribution in [0.15, 0.2) is 70.7 Å². The lowest BCUT2D eigenvalue weighted by molar-refractivity contribution is -0.112. The summed E-state index contributed by atoms with van der Waals surface area (Å²) in [4.78, 5) is 23.7. The summed E-state index contributed by atoms with van der Waals surface area (Å²) in [6.07, 6.45) is 1.77. The molecule has 3 aromatic carbocycles. The third kappa shape index (κ3) is 3.68. The molecule has 1 amide bonds. The van der Waals surface area contributed by atoms with Gasteiger partial charge in [-0.15, -0.1) is 0 Å². The number of hydrogen-bond donors (Lipinski definition) is 2. The molecule has 4 nitrogen and oxygen atoms in total. The summed E-state index contributed by atoms with van der Waals surface area (Å²) in [6.45, 7) is 1.69. The standard InChI is InChI=1S/C21H16BrNO3/c1-13(20(24)23-18-9-5-4-8-17(18)21(25)26)12-15-11-10-14-6-2-3-7-16(14)19(15)22/h2-12H,1H3,(H,23,24)(H,25,26)/b13-12+. The van der Waals surface area contributed by atoms with E-state index in [1.165, 1.54) is 6.07 Å². The van der Waals surface area contributed by atoms with E-state index in [1.807, 2.05) is 36.4 Å². The average Bonchev–Trinajstić information content (AvgIpc) is 2.64. The molecule has 3 aromatic rings. The number of hydrogen-bond acceptors (Lipinski definition) is 2. The molecule has 0 aliphatic heterocycles. The van der Waals surface area contributed by atoms with E-state index in [0.29, 0.717) is 5.57 Å². The Morgan fingerprint density at radius 2 is 1.69 bits per heavy atom. The van der Waals surface area contributed by atoms with Crippen LogP contribution in [0.3, 0.4) is 0 Å². The maximum atomic E-state index is 12.5. The number of para-hydroxylation sites is 1. The molecule has 130 valence electrons. The number of fused-ring (bicyclic) bond motifs is 1. The molecule has 5 heteroatoms. The monoisotopic (exact) mass is 409 g/mol. The van der Waals surface area contributed by atoms with Crippen molar-refractivity contribution in [2.45, 2.75) is 6.92 Å². The highest BCUT2D eigenvalue weighted by Crippen LogP contribution is 2.29. The van der Waals surface area contributed by atoms with Gasteiger partial charge in [-0.2, -0.15) is 0 Å². The molecule has 0 aromatic heterocycles. The van der Waals surface area contributed by atoms with Crippen molar-refractivity contribution in [3.8, 4) is 0 Å². The number of nitrogens with one attached hydrogen (secondary N) is 1. The molecule has 0 unspecified atom stereocenters. The molecule has 3 rings (SSSR count). The fourth-order valence-electron chi connectivity index (χ4n) is 2.66. The molecule has 0 atom stereocenters. The van der Waals surface area contributed by atoms with Crippen LogP contribution in [0, 0.1) is 0 Å². The smallest absolute Gasteiger partial charge is 0.337 e. The van der Waals surface area contributed by atoms with E-state index < -0.39 is 5.97 Å². The van der Waals surface area contributed by atoms with Crippen molar-refractivity contribution in [1.29, 1.82) is 0 Å². The zero-order valence-corrected chi connectivity index (χ0v) is 15.6. The molecule has 0 saturated carbocycles. The lowest BCUT2D eigenvalue weighted by atomic mass is 10.0. The second-order valence-corrected chi connectivity index (χ2v) is 6.62. The Balaban J connectivity index is 1.90. The molecule has 0 spiro atoms. The van der Waals surface area contributed by atoms with Gasteiger partial charge in [0.25, 0.3) is 5.91 Å². The van der Waals surface area contributed by atoms with E-state index in [1.54, 1.807) is 31.2 Å². The highest BCUT2D eigenvalue weighted by atomic mass is 79.9. The number of carboxylic acids is 1. The van der Waals surface area contributed by atoms with Crippen molar-refractivity contribution in [3.63, 3.8) is 0 Å². The molecule has 0 heterocycles. The van der Waals surface area contributed by atoms with Gasteiger partial charge in [-0.3, -0.25) is 4.79 Å². The lowest BCUT2D eigenvalue weighted by Gasteiger charge is -2.09. The molecular weight excluding hydrogens is 394 g/mol. The van der Waals surface area contributed by atoms with E-state index in [-0.39, 0.29) is 17.2 Å². The zero-order valence-electron chi connectivity index (χ0n) is 14.0. The third-order valence-electron chi connectivity index (χ3n) is 4.03. The maximum Gasteiger partial charge on any atom is 0.337 e. The summed E-state index contributed by atoms with van der Waals surface area (Å²) in [6, 6.07) is 18.2. The Morgan fingerprint density at radius 1 is 1.00 bits per heavy atom. The van der Waals surface area contributed by atoms with Crippen LogP contribution in [0.1, 0.15) is 22.8 Å². The average molecular weight is 410 g/mol. The summed E-state index contributed by atoms with van der Waals surface area (Å²) in [5.74, 6) is -1.43. The van der Waals surface area contributed by atoms with Gasteiger partial charge in [0.15, 0.2) is 0 Å². The van der Waals surface area contributed by atoms with Gasteiger partial charge in [0.05, 0.1) is 11.3 Å². The molecule has 0 aliphatic carbocycles. The first kappa shape index (κ1) is 17.9. The summed E-state index contributed by atoms with van der Waals surface area (Å²) < 4.78 is 0.911. The van der Waals surface area contributed by atoms with Gasteiger partial charge >= 0.3 is 5.97 Å². The molecule has 0 radical (unpaired) electrons. The highest BCUT2D eigenvalue weighted by Gasteiger charge is 2.13. The van der Waals surface area contributed by atoms with Crippen molar-refractivity contribution in [2.24, 2.45) is 0 Å². The number of halogens is 1. The van der Waals surface area contributed by atoms with E-state index in [0.717, 1.165) is 20.8 Å². The van der Waals surface area contributed by atoms with Crippen molar-refractivity contribution in [1.82, 2.24) is 0 Å². The Bertz CT molecular complexity index is 1040. The first-order valence-electron chi connectivity index (χ1n) is 7.96. The number of carbonyl (C=O) groups excluding carboxylic acids is 1. The second kappa shape index (κ2) is 7.54. The van der Waals surface area contributed by atoms with Gasteiger partial charge in [-0.1, -0.05) is 48.5 Å². The van der Waals surface area contributed by atoms with Crippen molar-refractivity contribution in [2.75, 3.05) is 5.32 Å². The fourth-order valence-corrected chi connectivity index (χ4v) is 3.27.